The van der Waals surface area contributed by atoms with Crippen LogP contribution in [0.5, 0.6) is 0 Å². The smallest absolute Gasteiger partial charge is 0.261 e. The van der Waals surface area contributed by atoms with Crippen LogP contribution in [-0.4, -0.2) is 20.7 Å². The van der Waals surface area contributed by atoms with Gasteiger partial charge >= 0.3 is 0 Å². The lowest BCUT2D eigenvalue weighted by molar-refractivity contribution is 0.0941. The largest absolute Gasteiger partial charge is 0.342 e. The number of fused-ring (bicyclic) bond motifs is 1. The lowest BCUT2D eigenvalue weighted by Gasteiger charge is -2.13. The molecule has 0 spiro atoms. The standard InChI is InChI=1S/C16H22N4OS/c1-4-6-12-9-13(22-11(12)3)16(21)17-10(2)15-19-18-14-7-5-8-20(14)15/h9-10H,4-8H2,1-3H3,(H,17,21)/t10-/m1/s1. The van der Waals surface area contributed by atoms with E-state index in [0.717, 1.165) is 48.8 Å². The molecule has 0 bridgehead atoms. The molecule has 0 saturated carbocycles. The Morgan fingerprint density at radius 1 is 1.50 bits per heavy atom. The Kier molecular flexibility index (Phi) is 4.29. The van der Waals surface area contributed by atoms with Crippen molar-refractivity contribution in [1.29, 1.82) is 0 Å². The molecule has 5 nitrogen and oxygen atoms in total. The quantitative estimate of drug-likeness (QED) is 0.922. The van der Waals surface area contributed by atoms with Crippen molar-refractivity contribution < 1.29 is 4.79 Å². The Labute approximate surface area is 134 Å². The number of carbonyl (C=O) groups excluding carboxylic acids is 1. The van der Waals surface area contributed by atoms with Crippen molar-refractivity contribution in [2.45, 2.75) is 59.0 Å². The third-order valence-electron chi connectivity index (χ3n) is 4.14. The van der Waals surface area contributed by atoms with Gasteiger partial charge in [0.05, 0.1) is 10.9 Å². The van der Waals surface area contributed by atoms with Crippen LogP contribution in [-0.2, 0) is 19.4 Å². The number of hydrogen-bond donors (Lipinski definition) is 1. The van der Waals surface area contributed by atoms with Crippen molar-refractivity contribution in [3.05, 3.63) is 33.0 Å². The Balaban J connectivity index is 1.72. The van der Waals surface area contributed by atoms with E-state index in [-0.39, 0.29) is 11.9 Å². The molecule has 0 saturated heterocycles. The lowest BCUT2D eigenvalue weighted by Crippen LogP contribution is -2.28. The number of carbonyl (C=O) groups is 1. The summed E-state index contributed by atoms with van der Waals surface area (Å²) in [6.45, 7) is 7.17. The summed E-state index contributed by atoms with van der Waals surface area (Å²) >= 11 is 1.57. The summed E-state index contributed by atoms with van der Waals surface area (Å²) in [6.07, 6.45) is 4.23. The monoisotopic (exact) mass is 318 g/mol. The number of amides is 1. The van der Waals surface area contributed by atoms with Crippen molar-refractivity contribution in [1.82, 2.24) is 20.1 Å². The van der Waals surface area contributed by atoms with Crippen LogP contribution < -0.4 is 5.32 Å². The van der Waals surface area contributed by atoms with Crippen molar-refractivity contribution in [2.75, 3.05) is 0 Å². The van der Waals surface area contributed by atoms with Gasteiger partial charge in [-0.2, -0.15) is 0 Å². The summed E-state index contributed by atoms with van der Waals surface area (Å²) in [5, 5.41) is 11.5. The normalized spacial score (nSPS) is 14.9. The molecule has 2 aromatic rings. The summed E-state index contributed by atoms with van der Waals surface area (Å²) in [4.78, 5) is 14.5. The maximum absolute atomic E-state index is 12.5. The molecule has 0 fully saturated rings. The van der Waals surface area contributed by atoms with Gasteiger partial charge in [-0.3, -0.25) is 4.79 Å². The highest BCUT2D eigenvalue weighted by Crippen LogP contribution is 2.24. The topological polar surface area (TPSA) is 59.8 Å². The van der Waals surface area contributed by atoms with Crippen molar-refractivity contribution in [3.63, 3.8) is 0 Å². The molecule has 2 aromatic heterocycles. The fourth-order valence-electron chi connectivity index (χ4n) is 2.97. The molecule has 22 heavy (non-hydrogen) atoms. The highest BCUT2D eigenvalue weighted by molar-refractivity contribution is 7.14. The maximum atomic E-state index is 12.5. The van der Waals surface area contributed by atoms with Gasteiger partial charge in [0.15, 0.2) is 5.82 Å². The number of nitrogens with one attached hydrogen (secondary N) is 1. The van der Waals surface area contributed by atoms with Crippen molar-refractivity contribution in [2.24, 2.45) is 0 Å². The number of thiophene rings is 1. The molecule has 3 rings (SSSR count). The Bertz CT molecular complexity index is 688. The van der Waals surface area contributed by atoms with Crippen LogP contribution in [0.15, 0.2) is 6.07 Å². The minimum absolute atomic E-state index is 0.0155. The lowest BCUT2D eigenvalue weighted by atomic mass is 10.1. The minimum Gasteiger partial charge on any atom is -0.342 e. The van der Waals surface area contributed by atoms with E-state index in [1.807, 2.05) is 13.0 Å². The summed E-state index contributed by atoms with van der Waals surface area (Å²) in [5.74, 6) is 1.88. The highest BCUT2D eigenvalue weighted by Gasteiger charge is 2.23. The van der Waals surface area contributed by atoms with Gasteiger partial charge in [0, 0.05) is 17.8 Å². The zero-order valence-corrected chi connectivity index (χ0v) is 14.2. The minimum atomic E-state index is -0.121. The van der Waals surface area contributed by atoms with E-state index in [9.17, 15) is 4.79 Å². The average molecular weight is 318 g/mol. The van der Waals surface area contributed by atoms with Gasteiger partial charge in [-0.15, -0.1) is 21.5 Å². The second kappa shape index (κ2) is 6.20. The Morgan fingerprint density at radius 2 is 2.32 bits per heavy atom. The predicted octanol–water partition coefficient (Wildman–Crippen LogP) is 3.04. The van der Waals surface area contributed by atoms with E-state index in [1.54, 1.807) is 11.3 Å². The van der Waals surface area contributed by atoms with Gasteiger partial charge in [0.1, 0.15) is 5.82 Å². The van der Waals surface area contributed by atoms with E-state index >= 15 is 0 Å². The highest BCUT2D eigenvalue weighted by atomic mass is 32.1. The number of hydrogen-bond acceptors (Lipinski definition) is 4. The fraction of sp³-hybridized carbons (Fsp3) is 0.562. The number of nitrogens with zero attached hydrogens (tertiary/aromatic N) is 3. The Morgan fingerprint density at radius 3 is 3.09 bits per heavy atom. The molecule has 0 radical (unpaired) electrons. The molecular formula is C16H22N4OS. The van der Waals surface area contributed by atoms with Gasteiger partial charge in [0.25, 0.3) is 5.91 Å². The van der Waals surface area contributed by atoms with Crippen LogP contribution in [0.3, 0.4) is 0 Å². The number of aromatic nitrogens is 3. The van der Waals surface area contributed by atoms with Gasteiger partial charge < -0.3 is 9.88 Å². The predicted molar refractivity (Wildman–Crippen MR) is 87.3 cm³/mol. The zero-order valence-electron chi connectivity index (χ0n) is 13.3. The zero-order chi connectivity index (χ0) is 15.7. The van der Waals surface area contributed by atoms with E-state index in [0.29, 0.717) is 0 Å². The SMILES string of the molecule is CCCc1cc(C(=O)N[C@H](C)c2nnc3n2CCC3)sc1C. The van der Waals surface area contributed by atoms with Crippen molar-refractivity contribution in [3.8, 4) is 0 Å². The first-order chi connectivity index (χ1) is 10.6. The van der Waals surface area contributed by atoms with Crippen LogP contribution in [0.2, 0.25) is 0 Å². The van der Waals surface area contributed by atoms with E-state index in [4.69, 9.17) is 0 Å². The van der Waals surface area contributed by atoms with E-state index in [2.05, 4.69) is 33.9 Å². The van der Waals surface area contributed by atoms with Gasteiger partial charge in [-0.1, -0.05) is 13.3 Å². The van der Waals surface area contributed by atoms with Crippen LogP contribution >= 0.6 is 11.3 Å². The first kappa shape index (κ1) is 15.2. The molecular weight excluding hydrogens is 296 g/mol. The van der Waals surface area contributed by atoms with Crippen LogP contribution in [0.4, 0.5) is 0 Å². The number of aryl methyl sites for hydroxylation is 3. The van der Waals surface area contributed by atoms with Crippen LogP contribution in [0.25, 0.3) is 0 Å². The van der Waals surface area contributed by atoms with Crippen LogP contribution in [0.1, 0.15) is 64.5 Å². The first-order valence-electron chi connectivity index (χ1n) is 7.92. The van der Waals surface area contributed by atoms with E-state index < -0.39 is 0 Å². The third-order valence-corrected chi connectivity index (χ3v) is 5.23. The van der Waals surface area contributed by atoms with Gasteiger partial charge in [-0.25, -0.2) is 0 Å². The second-order valence-electron chi connectivity index (χ2n) is 5.87. The van der Waals surface area contributed by atoms with Gasteiger partial charge in [0.2, 0.25) is 0 Å². The molecule has 6 heteroatoms. The average Bonchev–Trinajstić information content (AvgIpc) is 3.15. The van der Waals surface area contributed by atoms with Gasteiger partial charge in [-0.05, 0) is 38.3 Å². The molecule has 1 atom stereocenters. The summed E-state index contributed by atoms with van der Waals surface area (Å²) in [6, 6.07) is 1.91. The molecule has 0 aliphatic carbocycles. The summed E-state index contributed by atoms with van der Waals surface area (Å²) < 4.78 is 2.13. The van der Waals surface area contributed by atoms with Crippen molar-refractivity contribution >= 4 is 17.2 Å². The second-order valence-corrected chi connectivity index (χ2v) is 7.12. The first-order valence-corrected chi connectivity index (χ1v) is 8.74. The maximum Gasteiger partial charge on any atom is 0.261 e. The molecule has 0 unspecified atom stereocenters. The summed E-state index contributed by atoms with van der Waals surface area (Å²) in [5.41, 5.74) is 1.29. The molecule has 1 aliphatic rings. The molecule has 118 valence electrons. The fourth-order valence-corrected chi connectivity index (χ4v) is 3.95. The molecule has 1 N–H and O–H groups in total. The van der Waals surface area contributed by atoms with E-state index in [1.165, 1.54) is 10.4 Å². The summed E-state index contributed by atoms with van der Waals surface area (Å²) in [7, 11) is 0. The number of rotatable bonds is 5. The molecule has 0 aromatic carbocycles. The molecule has 1 amide bonds. The Hall–Kier alpha value is -1.69. The molecule has 3 heterocycles. The third kappa shape index (κ3) is 2.79. The van der Waals surface area contributed by atoms with Crippen LogP contribution in [0, 0.1) is 6.92 Å². The molecule has 1 aliphatic heterocycles.